The van der Waals surface area contributed by atoms with E-state index in [-0.39, 0.29) is 17.4 Å². The van der Waals surface area contributed by atoms with Crippen LogP contribution in [-0.2, 0) is 4.79 Å². The first kappa shape index (κ1) is 14.8. The number of hydrogen-bond acceptors (Lipinski definition) is 4. The van der Waals surface area contributed by atoms with Crippen LogP contribution < -0.4 is 10.2 Å². The predicted octanol–water partition coefficient (Wildman–Crippen LogP) is 1.92. The van der Waals surface area contributed by atoms with Crippen molar-refractivity contribution in [3.8, 4) is 0 Å². The summed E-state index contributed by atoms with van der Waals surface area (Å²) in [6.07, 6.45) is 3.88. The van der Waals surface area contributed by atoms with Crippen molar-refractivity contribution >= 4 is 11.7 Å². The van der Waals surface area contributed by atoms with Crippen LogP contribution in [0.2, 0.25) is 0 Å². The minimum Gasteiger partial charge on any atom is -0.354 e. The molecule has 2 rings (SSSR count). The Hall–Kier alpha value is -1.65. The van der Waals surface area contributed by atoms with E-state index in [0.717, 1.165) is 37.6 Å². The molecule has 1 N–H and O–H groups in total. The van der Waals surface area contributed by atoms with Crippen LogP contribution in [0, 0.1) is 12.3 Å². The summed E-state index contributed by atoms with van der Waals surface area (Å²) < 4.78 is 0. The summed E-state index contributed by atoms with van der Waals surface area (Å²) in [6.45, 7) is 9.52. The molecule has 0 radical (unpaired) electrons. The number of carbonyl (C=O) groups excluding carboxylic acids is 1. The van der Waals surface area contributed by atoms with Crippen LogP contribution in [0.4, 0.5) is 5.82 Å². The van der Waals surface area contributed by atoms with Gasteiger partial charge in [0.15, 0.2) is 0 Å². The second kappa shape index (κ2) is 5.77. The van der Waals surface area contributed by atoms with Gasteiger partial charge in [0.1, 0.15) is 11.6 Å². The van der Waals surface area contributed by atoms with E-state index in [1.165, 1.54) is 0 Å². The lowest BCUT2D eigenvalue weighted by Crippen LogP contribution is -2.50. The lowest BCUT2D eigenvalue weighted by molar-refractivity contribution is -0.129. The molecule has 110 valence electrons. The Morgan fingerprint density at radius 2 is 2.20 bits per heavy atom. The lowest BCUT2D eigenvalue weighted by Gasteiger charge is -2.35. The maximum Gasteiger partial charge on any atom is 0.225 e. The summed E-state index contributed by atoms with van der Waals surface area (Å²) in [5, 5.41) is 3.15. The largest absolute Gasteiger partial charge is 0.354 e. The Balaban J connectivity index is 2.00. The number of aryl methyl sites for hydroxylation is 1. The fourth-order valence-electron chi connectivity index (χ4n) is 2.32. The molecular formula is C15H24N4O. The third-order valence-corrected chi connectivity index (χ3v) is 3.52. The van der Waals surface area contributed by atoms with E-state index in [1.807, 2.05) is 33.8 Å². The molecule has 0 bridgehead atoms. The molecular weight excluding hydrogens is 252 g/mol. The fraction of sp³-hybridized carbons (Fsp3) is 0.667. The van der Waals surface area contributed by atoms with Crippen LogP contribution >= 0.6 is 0 Å². The van der Waals surface area contributed by atoms with Gasteiger partial charge in [-0.3, -0.25) is 4.79 Å². The highest BCUT2D eigenvalue weighted by Crippen LogP contribution is 2.19. The molecule has 2 heterocycles. The first-order valence-electron chi connectivity index (χ1n) is 7.22. The van der Waals surface area contributed by atoms with Crippen molar-refractivity contribution < 1.29 is 4.79 Å². The van der Waals surface area contributed by atoms with Crippen molar-refractivity contribution in [2.75, 3.05) is 18.0 Å². The van der Waals surface area contributed by atoms with E-state index in [9.17, 15) is 4.79 Å². The summed E-state index contributed by atoms with van der Waals surface area (Å²) >= 11 is 0. The van der Waals surface area contributed by atoms with E-state index < -0.39 is 0 Å². The van der Waals surface area contributed by atoms with E-state index in [4.69, 9.17) is 0 Å². The third kappa shape index (κ3) is 3.68. The molecule has 1 atom stereocenters. The molecule has 1 aromatic rings. The molecule has 20 heavy (non-hydrogen) atoms. The quantitative estimate of drug-likeness (QED) is 0.896. The maximum absolute atomic E-state index is 12.1. The molecule has 1 aromatic heterocycles. The van der Waals surface area contributed by atoms with Gasteiger partial charge in [-0.2, -0.15) is 0 Å². The van der Waals surface area contributed by atoms with Crippen molar-refractivity contribution in [3.63, 3.8) is 0 Å². The van der Waals surface area contributed by atoms with E-state index in [2.05, 4.69) is 20.2 Å². The minimum absolute atomic E-state index is 0.114. The molecule has 0 spiro atoms. The standard InChI is InChI=1S/C15H24N4O/c1-11-16-8-7-13(17-11)19-9-5-6-12(10-19)18-14(20)15(2,3)4/h7-8,12H,5-6,9-10H2,1-4H3,(H,18,20). The molecule has 1 fully saturated rings. The van der Waals surface area contributed by atoms with Crippen LogP contribution in [0.3, 0.4) is 0 Å². The molecule has 5 nitrogen and oxygen atoms in total. The van der Waals surface area contributed by atoms with Gasteiger partial charge in [0.2, 0.25) is 5.91 Å². The zero-order valence-corrected chi connectivity index (χ0v) is 12.8. The van der Waals surface area contributed by atoms with Crippen molar-refractivity contribution in [2.24, 2.45) is 5.41 Å². The molecule has 0 aliphatic carbocycles. The van der Waals surface area contributed by atoms with Crippen LogP contribution in [0.5, 0.6) is 0 Å². The molecule has 1 saturated heterocycles. The monoisotopic (exact) mass is 276 g/mol. The van der Waals surface area contributed by atoms with Gasteiger partial charge in [-0.15, -0.1) is 0 Å². The number of hydrogen-bond donors (Lipinski definition) is 1. The first-order valence-corrected chi connectivity index (χ1v) is 7.22. The fourth-order valence-corrected chi connectivity index (χ4v) is 2.32. The number of rotatable bonds is 2. The normalized spacial score (nSPS) is 19.8. The smallest absolute Gasteiger partial charge is 0.225 e. The lowest BCUT2D eigenvalue weighted by atomic mass is 9.94. The summed E-state index contributed by atoms with van der Waals surface area (Å²) in [5.41, 5.74) is -0.340. The molecule has 1 unspecified atom stereocenters. The highest BCUT2D eigenvalue weighted by atomic mass is 16.2. The SMILES string of the molecule is Cc1nccc(N2CCCC(NC(=O)C(C)(C)C)C2)n1. The van der Waals surface area contributed by atoms with E-state index >= 15 is 0 Å². The van der Waals surface area contributed by atoms with Gasteiger partial charge in [-0.05, 0) is 25.8 Å². The van der Waals surface area contributed by atoms with Crippen molar-refractivity contribution in [1.82, 2.24) is 15.3 Å². The van der Waals surface area contributed by atoms with Crippen LogP contribution in [0.15, 0.2) is 12.3 Å². The highest BCUT2D eigenvalue weighted by Gasteiger charge is 2.27. The van der Waals surface area contributed by atoms with Crippen LogP contribution in [0.25, 0.3) is 0 Å². The number of aromatic nitrogens is 2. The van der Waals surface area contributed by atoms with Gasteiger partial charge < -0.3 is 10.2 Å². The molecule has 1 amide bonds. The van der Waals surface area contributed by atoms with Gasteiger partial charge in [0.05, 0.1) is 0 Å². The summed E-state index contributed by atoms with van der Waals surface area (Å²) in [6, 6.07) is 2.13. The van der Waals surface area contributed by atoms with Gasteiger partial charge in [-0.1, -0.05) is 20.8 Å². The third-order valence-electron chi connectivity index (χ3n) is 3.52. The molecule has 0 saturated carbocycles. The topological polar surface area (TPSA) is 58.1 Å². The Morgan fingerprint density at radius 3 is 2.85 bits per heavy atom. The Kier molecular flexibility index (Phi) is 4.26. The number of nitrogens with zero attached hydrogens (tertiary/aromatic N) is 3. The van der Waals surface area contributed by atoms with Gasteiger partial charge >= 0.3 is 0 Å². The highest BCUT2D eigenvalue weighted by molar-refractivity contribution is 5.81. The van der Waals surface area contributed by atoms with E-state index in [0.29, 0.717) is 0 Å². The average Bonchev–Trinajstić information content (AvgIpc) is 2.38. The zero-order chi connectivity index (χ0) is 14.8. The molecule has 1 aliphatic heterocycles. The van der Waals surface area contributed by atoms with Gasteiger partial charge in [-0.25, -0.2) is 9.97 Å². The van der Waals surface area contributed by atoms with Crippen molar-refractivity contribution in [2.45, 2.75) is 46.6 Å². The van der Waals surface area contributed by atoms with Gasteiger partial charge in [0, 0.05) is 30.7 Å². The van der Waals surface area contributed by atoms with Crippen molar-refractivity contribution in [3.05, 3.63) is 18.1 Å². The van der Waals surface area contributed by atoms with Crippen molar-refractivity contribution in [1.29, 1.82) is 0 Å². The average molecular weight is 276 g/mol. The van der Waals surface area contributed by atoms with Crippen LogP contribution in [-0.4, -0.2) is 35.0 Å². The summed E-state index contributed by atoms with van der Waals surface area (Å²) in [4.78, 5) is 22.9. The Bertz CT molecular complexity index is 481. The molecule has 1 aliphatic rings. The van der Waals surface area contributed by atoms with Crippen LogP contribution in [0.1, 0.15) is 39.4 Å². The minimum atomic E-state index is -0.340. The number of anilines is 1. The first-order chi connectivity index (χ1) is 9.36. The maximum atomic E-state index is 12.1. The number of piperidine rings is 1. The second-order valence-corrected chi connectivity index (χ2v) is 6.47. The number of nitrogens with one attached hydrogen (secondary N) is 1. The molecule has 0 aromatic carbocycles. The second-order valence-electron chi connectivity index (χ2n) is 6.47. The Morgan fingerprint density at radius 1 is 1.45 bits per heavy atom. The summed E-state index contributed by atoms with van der Waals surface area (Å²) in [5.74, 6) is 1.85. The zero-order valence-electron chi connectivity index (χ0n) is 12.8. The number of amides is 1. The Labute approximate surface area is 120 Å². The molecule has 5 heteroatoms. The predicted molar refractivity (Wildman–Crippen MR) is 79.6 cm³/mol. The summed E-state index contributed by atoms with van der Waals surface area (Å²) in [7, 11) is 0. The van der Waals surface area contributed by atoms with E-state index in [1.54, 1.807) is 6.20 Å². The van der Waals surface area contributed by atoms with Gasteiger partial charge in [0.25, 0.3) is 0 Å². The number of carbonyl (C=O) groups is 1.